The molecule has 1 aromatic carbocycles. The van der Waals surface area contributed by atoms with Crippen LogP contribution in [0.25, 0.3) is 0 Å². The molecule has 0 aliphatic heterocycles. The summed E-state index contributed by atoms with van der Waals surface area (Å²) in [6, 6.07) is 9.90. The lowest BCUT2D eigenvalue weighted by molar-refractivity contribution is -0.144. The quantitative estimate of drug-likeness (QED) is 0.450. The van der Waals surface area contributed by atoms with Gasteiger partial charge in [-0.05, 0) is 23.9 Å². The lowest BCUT2D eigenvalue weighted by Crippen LogP contribution is -2.21. The van der Waals surface area contributed by atoms with Gasteiger partial charge in [0.15, 0.2) is 0 Å². The molecule has 90 valence electrons. The molecule has 0 radical (unpaired) electrons. The van der Waals surface area contributed by atoms with E-state index in [1.807, 2.05) is 35.7 Å². The van der Waals surface area contributed by atoms with Gasteiger partial charge in [0.05, 0.1) is 0 Å². The fourth-order valence-corrected chi connectivity index (χ4v) is 2.70. The number of esters is 1. The van der Waals surface area contributed by atoms with Crippen molar-refractivity contribution in [1.82, 2.24) is 0 Å². The van der Waals surface area contributed by atoms with Gasteiger partial charge in [0, 0.05) is 23.3 Å². The molecule has 0 aromatic heterocycles. The first-order valence-electron chi connectivity index (χ1n) is 5.08. The lowest BCUT2D eigenvalue weighted by Gasteiger charge is -2.14. The molecule has 0 saturated carbocycles. The molecule has 0 saturated heterocycles. The summed E-state index contributed by atoms with van der Waals surface area (Å²) in [5.74, 6) is 0.871. The smallest absolute Gasteiger partial charge is 0.302 e. The molecular formula is C12H13NO2S2. The van der Waals surface area contributed by atoms with Crippen LogP contribution < -0.4 is 0 Å². The summed E-state index contributed by atoms with van der Waals surface area (Å²) in [5, 5.41) is 10.5. The van der Waals surface area contributed by atoms with E-state index in [9.17, 15) is 4.79 Å². The standard InChI is InChI=1S/C12H13NO2S2/c1-10(14)15-11(7-16-9-13)8-17-12-5-3-2-4-6-12/h2-6,11H,7-8H2,1H3/t11-/m0/s1. The van der Waals surface area contributed by atoms with E-state index in [2.05, 4.69) is 0 Å². The molecule has 0 heterocycles. The minimum atomic E-state index is -0.304. The number of benzene rings is 1. The fraction of sp³-hybridized carbons (Fsp3) is 0.333. The molecular weight excluding hydrogens is 254 g/mol. The number of thioether (sulfide) groups is 2. The Hall–Kier alpha value is -1.12. The third-order valence-electron chi connectivity index (χ3n) is 1.85. The monoisotopic (exact) mass is 267 g/mol. The maximum Gasteiger partial charge on any atom is 0.302 e. The second kappa shape index (κ2) is 8.04. The SMILES string of the molecule is CC(=O)O[C@@H](CSC#N)CSc1ccccc1. The number of carbonyl (C=O) groups is 1. The molecule has 1 atom stereocenters. The Morgan fingerprint density at radius 2 is 2.12 bits per heavy atom. The van der Waals surface area contributed by atoms with Crippen LogP contribution >= 0.6 is 23.5 Å². The topological polar surface area (TPSA) is 50.1 Å². The van der Waals surface area contributed by atoms with Gasteiger partial charge in [0.2, 0.25) is 0 Å². The van der Waals surface area contributed by atoms with Gasteiger partial charge in [-0.1, -0.05) is 18.2 Å². The van der Waals surface area contributed by atoms with Crippen molar-refractivity contribution in [2.75, 3.05) is 11.5 Å². The van der Waals surface area contributed by atoms with Gasteiger partial charge in [-0.2, -0.15) is 5.26 Å². The van der Waals surface area contributed by atoms with Gasteiger partial charge >= 0.3 is 5.97 Å². The van der Waals surface area contributed by atoms with Gasteiger partial charge in [-0.15, -0.1) is 11.8 Å². The Morgan fingerprint density at radius 3 is 2.71 bits per heavy atom. The van der Waals surface area contributed by atoms with Crippen molar-refractivity contribution < 1.29 is 9.53 Å². The highest BCUT2D eigenvalue weighted by Gasteiger charge is 2.12. The molecule has 5 heteroatoms. The molecule has 1 aromatic rings. The Morgan fingerprint density at radius 1 is 1.41 bits per heavy atom. The van der Waals surface area contributed by atoms with Crippen LogP contribution in [0.15, 0.2) is 35.2 Å². The minimum absolute atomic E-state index is 0.220. The van der Waals surface area contributed by atoms with Crippen molar-refractivity contribution in [2.24, 2.45) is 0 Å². The highest BCUT2D eigenvalue weighted by atomic mass is 32.2. The fourth-order valence-electron chi connectivity index (χ4n) is 1.19. The van der Waals surface area contributed by atoms with Crippen LogP contribution in [0.2, 0.25) is 0 Å². The maximum atomic E-state index is 10.9. The first-order chi connectivity index (χ1) is 8.22. The summed E-state index contributed by atoms with van der Waals surface area (Å²) < 4.78 is 5.14. The van der Waals surface area contributed by atoms with Gasteiger partial charge in [0.25, 0.3) is 0 Å². The van der Waals surface area contributed by atoms with Gasteiger partial charge in [-0.3, -0.25) is 4.79 Å². The summed E-state index contributed by atoms with van der Waals surface area (Å²) in [5.41, 5.74) is 0. The van der Waals surface area contributed by atoms with E-state index in [4.69, 9.17) is 10.00 Å². The molecule has 3 nitrogen and oxygen atoms in total. The van der Waals surface area contributed by atoms with E-state index < -0.39 is 0 Å². The zero-order valence-electron chi connectivity index (χ0n) is 9.46. The largest absolute Gasteiger partial charge is 0.461 e. The summed E-state index contributed by atoms with van der Waals surface area (Å²) in [7, 11) is 0. The van der Waals surface area contributed by atoms with E-state index >= 15 is 0 Å². The number of rotatable bonds is 6. The van der Waals surface area contributed by atoms with Crippen molar-refractivity contribution in [3.05, 3.63) is 30.3 Å². The van der Waals surface area contributed by atoms with Crippen LogP contribution in [0.3, 0.4) is 0 Å². The molecule has 17 heavy (non-hydrogen) atoms. The lowest BCUT2D eigenvalue weighted by atomic mass is 10.4. The highest BCUT2D eigenvalue weighted by molar-refractivity contribution is 8.03. The Bertz CT molecular complexity index is 389. The van der Waals surface area contributed by atoms with E-state index in [1.54, 1.807) is 11.8 Å². The van der Waals surface area contributed by atoms with Crippen molar-refractivity contribution in [3.63, 3.8) is 0 Å². The zero-order chi connectivity index (χ0) is 12.5. The third-order valence-corrected chi connectivity index (χ3v) is 3.66. The average Bonchev–Trinajstić information content (AvgIpc) is 2.33. The number of thiocyanates is 1. The number of hydrogen-bond donors (Lipinski definition) is 0. The maximum absolute atomic E-state index is 10.9. The summed E-state index contributed by atoms with van der Waals surface area (Å²) in [6.07, 6.45) is -0.220. The second-order valence-electron chi connectivity index (χ2n) is 3.26. The minimum Gasteiger partial charge on any atom is -0.461 e. The summed E-state index contributed by atoms with van der Waals surface area (Å²) >= 11 is 2.73. The normalized spacial score (nSPS) is 11.5. The number of nitrogens with zero attached hydrogens (tertiary/aromatic N) is 1. The van der Waals surface area contributed by atoms with Gasteiger partial charge in [-0.25, -0.2) is 0 Å². The molecule has 0 unspecified atom stereocenters. The van der Waals surface area contributed by atoms with Crippen LogP contribution in [-0.2, 0) is 9.53 Å². The van der Waals surface area contributed by atoms with Crippen LogP contribution in [0.1, 0.15) is 6.92 Å². The summed E-state index contributed by atoms with van der Waals surface area (Å²) in [4.78, 5) is 12.0. The molecule has 0 aliphatic carbocycles. The van der Waals surface area contributed by atoms with Crippen LogP contribution in [0.4, 0.5) is 0 Å². The Balaban J connectivity index is 2.43. The van der Waals surface area contributed by atoms with E-state index in [0.717, 1.165) is 16.7 Å². The molecule has 1 rings (SSSR count). The van der Waals surface area contributed by atoms with Gasteiger partial charge in [0.1, 0.15) is 11.5 Å². The predicted molar refractivity (Wildman–Crippen MR) is 70.8 cm³/mol. The Labute approximate surface area is 110 Å². The number of hydrogen-bond acceptors (Lipinski definition) is 5. The van der Waals surface area contributed by atoms with Crippen LogP contribution in [-0.4, -0.2) is 23.6 Å². The van der Waals surface area contributed by atoms with Crippen molar-refractivity contribution >= 4 is 29.5 Å². The molecule has 0 bridgehead atoms. The molecule has 0 aliphatic rings. The first-order valence-corrected chi connectivity index (χ1v) is 7.05. The number of ether oxygens (including phenoxy) is 1. The average molecular weight is 267 g/mol. The van der Waals surface area contributed by atoms with Crippen LogP contribution in [0, 0.1) is 10.7 Å². The first kappa shape index (κ1) is 13.9. The van der Waals surface area contributed by atoms with Crippen molar-refractivity contribution in [1.29, 1.82) is 5.26 Å². The van der Waals surface area contributed by atoms with Crippen LogP contribution in [0.5, 0.6) is 0 Å². The summed E-state index contributed by atoms with van der Waals surface area (Å²) in [6.45, 7) is 1.39. The predicted octanol–water partition coefficient (Wildman–Crippen LogP) is 2.92. The third kappa shape index (κ3) is 6.25. The Kier molecular flexibility index (Phi) is 6.60. The zero-order valence-corrected chi connectivity index (χ0v) is 11.1. The van der Waals surface area contributed by atoms with Gasteiger partial charge < -0.3 is 4.74 Å². The number of nitriles is 1. The second-order valence-corrected chi connectivity index (χ2v) is 5.16. The molecule has 0 fully saturated rings. The van der Waals surface area contributed by atoms with Crippen molar-refractivity contribution in [3.8, 4) is 5.40 Å². The number of carbonyl (C=O) groups excluding carboxylic acids is 1. The highest BCUT2D eigenvalue weighted by Crippen LogP contribution is 2.20. The van der Waals surface area contributed by atoms with E-state index in [0.29, 0.717) is 11.5 Å². The van der Waals surface area contributed by atoms with E-state index in [1.165, 1.54) is 6.92 Å². The van der Waals surface area contributed by atoms with E-state index in [-0.39, 0.29) is 12.1 Å². The van der Waals surface area contributed by atoms with Crippen molar-refractivity contribution in [2.45, 2.75) is 17.9 Å². The molecule has 0 spiro atoms. The molecule has 0 amide bonds. The molecule has 0 N–H and O–H groups in total.